The van der Waals surface area contributed by atoms with Crippen molar-refractivity contribution in [3.8, 4) is 0 Å². The van der Waals surface area contributed by atoms with Crippen molar-refractivity contribution < 1.29 is 4.79 Å². The highest BCUT2D eigenvalue weighted by atomic mass is 16.1. The maximum Gasteiger partial charge on any atom is 0.204 e. The van der Waals surface area contributed by atoms with Crippen LogP contribution in [0.4, 0.5) is 0 Å². The van der Waals surface area contributed by atoms with E-state index in [1.54, 1.807) is 0 Å². The van der Waals surface area contributed by atoms with Crippen molar-refractivity contribution in [2.24, 2.45) is 5.73 Å². The number of aromatic amines is 1. The van der Waals surface area contributed by atoms with Crippen LogP contribution < -0.4 is 5.73 Å². The summed E-state index contributed by atoms with van der Waals surface area (Å²) in [5.41, 5.74) is 6.61. The smallest absolute Gasteiger partial charge is 0.204 e. The summed E-state index contributed by atoms with van der Waals surface area (Å²) in [7, 11) is 0. The van der Waals surface area contributed by atoms with Crippen LogP contribution in [0, 0.1) is 6.92 Å². The third kappa shape index (κ3) is 2.33. The Labute approximate surface area is 76.6 Å². The van der Waals surface area contributed by atoms with Crippen molar-refractivity contribution in [2.75, 3.05) is 0 Å². The number of hydrogen-bond acceptors (Lipinski definition) is 1. The van der Waals surface area contributed by atoms with Gasteiger partial charge in [-0.05, 0) is 24.4 Å². The number of carbonyl (C=O) groups is 1. The third-order valence-corrected chi connectivity index (χ3v) is 1.66. The third-order valence-electron chi connectivity index (χ3n) is 1.66. The Morgan fingerprint density at radius 2 is 2.00 bits per heavy atom. The topological polar surface area (TPSA) is 58.9 Å². The van der Waals surface area contributed by atoms with Crippen molar-refractivity contribution in [1.29, 1.82) is 0 Å². The van der Waals surface area contributed by atoms with Gasteiger partial charge in [0.15, 0.2) is 0 Å². The molecule has 2 rings (SSSR count). The lowest BCUT2D eigenvalue weighted by Crippen LogP contribution is -1.82. The second-order valence-electron chi connectivity index (χ2n) is 2.68. The number of H-pyrrole nitrogens is 1. The number of benzene rings is 1. The molecule has 0 spiro atoms. The minimum absolute atomic E-state index is 0.250. The SMILES string of the molecule is Cc1cc2ccccc2[nH]1.NC=O. The number of hydrogen-bond donors (Lipinski definition) is 2. The van der Waals surface area contributed by atoms with E-state index in [0.29, 0.717) is 0 Å². The maximum atomic E-state index is 8.58. The van der Waals surface area contributed by atoms with Crippen LogP contribution in [-0.4, -0.2) is 11.4 Å². The molecule has 0 atom stereocenters. The Hall–Kier alpha value is -1.77. The molecule has 0 aliphatic rings. The number of aryl methyl sites for hydroxylation is 1. The van der Waals surface area contributed by atoms with Crippen LogP contribution in [-0.2, 0) is 4.79 Å². The zero-order valence-electron chi connectivity index (χ0n) is 7.45. The van der Waals surface area contributed by atoms with Gasteiger partial charge in [-0.1, -0.05) is 18.2 Å². The summed E-state index contributed by atoms with van der Waals surface area (Å²) in [4.78, 5) is 11.8. The van der Waals surface area contributed by atoms with Gasteiger partial charge in [0.1, 0.15) is 0 Å². The van der Waals surface area contributed by atoms with E-state index < -0.39 is 0 Å². The van der Waals surface area contributed by atoms with Gasteiger partial charge >= 0.3 is 0 Å². The summed E-state index contributed by atoms with van der Waals surface area (Å²) < 4.78 is 0. The van der Waals surface area contributed by atoms with Crippen LogP contribution >= 0.6 is 0 Å². The fourth-order valence-corrected chi connectivity index (χ4v) is 1.22. The summed E-state index contributed by atoms with van der Waals surface area (Å²) in [5.74, 6) is 0. The summed E-state index contributed by atoms with van der Waals surface area (Å²) in [5, 5.41) is 1.29. The van der Waals surface area contributed by atoms with Gasteiger partial charge < -0.3 is 10.7 Å². The van der Waals surface area contributed by atoms with Gasteiger partial charge in [-0.3, -0.25) is 4.79 Å². The molecule has 13 heavy (non-hydrogen) atoms. The highest BCUT2D eigenvalue weighted by Crippen LogP contribution is 2.12. The van der Waals surface area contributed by atoms with E-state index in [2.05, 4.69) is 41.9 Å². The molecule has 3 N–H and O–H groups in total. The van der Waals surface area contributed by atoms with E-state index in [0.717, 1.165) is 0 Å². The van der Waals surface area contributed by atoms with Crippen LogP contribution in [0.25, 0.3) is 10.9 Å². The highest BCUT2D eigenvalue weighted by molar-refractivity contribution is 5.79. The van der Waals surface area contributed by atoms with Gasteiger partial charge in [0, 0.05) is 11.2 Å². The normalized spacial score (nSPS) is 9.00. The quantitative estimate of drug-likeness (QED) is 0.588. The molecule has 1 aromatic heterocycles. The van der Waals surface area contributed by atoms with E-state index in [1.807, 2.05) is 6.07 Å². The Morgan fingerprint density at radius 3 is 2.62 bits per heavy atom. The largest absolute Gasteiger partial charge is 0.372 e. The average Bonchev–Trinajstić information content (AvgIpc) is 2.45. The first-order valence-corrected chi connectivity index (χ1v) is 3.97. The lowest BCUT2D eigenvalue weighted by molar-refractivity contribution is -0.106. The molecule has 2 aromatic rings. The molecule has 0 saturated heterocycles. The molecule has 1 aromatic carbocycles. The Bertz CT molecular complexity index is 359. The van der Waals surface area contributed by atoms with E-state index in [-0.39, 0.29) is 6.41 Å². The number of aromatic nitrogens is 1. The van der Waals surface area contributed by atoms with Crippen LogP contribution in [0.5, 0.6) is 0 Å². The van der Waals surface area contributed by atoms with E-state index >= 15 is 0 Å². The van der Waals surface area contributed by atoms with Crippen LogP contribution in [0.2, 0.25) is 0 Å². The molecule has 0 bridgehead atoms. The van der Waals surface area contributed by atoms with E-state index in [9.17, 15) is 0 Å². The van der Waals surface area contributed by atoms with Crippen LogP contribution in [0.3, 0.4) is 0 Å². The monoisotopic (exact) mass is 176 g/mol. The van der Waals surface area contributed by atoms with Crippen LogP contribution in [0.15, 0.2) is 30.3 Å². The van der Waals surface area contributed by atoms with Crippen molar-refractivity contribution in [3.63, 3.8) is 0 Å². The van der Waals surface area contributed by atoms with E-state index in [1.165, 1.54) is 16.6 Å². The van der Waals surface area contributed by atoms with Gasteiger partial charge in [-0.15, -0.1) is 0 Å². The van der Waals surface area contributed by atoms with Gasteiger partial charge in [-0.2, -0.15) is 0 Å². The zero-order chi connectivity index (χ0) is 9.68. The number of para-hydroxylation sites is 1. The first-order chi connectivity index (χ1) is 6.27. The summed E-state index contributed by atoms with van der Waals surface area (Å²) in [6.07, 6.45) is 0.250. The molecule has 0 radical (unpaired) electrons. The molecule has 68 valence electrons. The Morgan fingerprint density at radius 1 is 1.38 bits per heavy atom. The van der Waals surface area contributed by atoms with Crippen molar-refractivity contribution in [3.05, 3.63) is 36.0 Å². The second kappa shape index (κ2) is 4.30. The summed E-state index contributed by atoms with van der Waals surface area (Å²) in [6, 6.07) is 10.4. The van der Waals surface area contributed by atoms with Gasteiger partial charge in [0.2, 0.25) is 6.41 Å². The molecule has 0 unspecified atom stereocenters. The zero-order valence-corrected chi connectivity index (χ0v) is 7.45. The van der Waals surface area contributed by atoms with Crippen LogP contribution in [0.1, 0.15) is 5.69 Å². The predicted octanol–water partition coefficient (Wildman–Crippen LogP) is 1.58. The Kier molecular flexibility index (Phi) is 3.09. The fourth-order valence-electron chi connectivity index (χ4n) is 1.22. The minimum Gasteiger partial charge on any atom is -0.372 e. The van der Waals surface area contributed by atoms with Gasteiger partial charge in [0.25, 0.3) is 0 Å². The number of carbonyl (C=O) groups excluding carboxylic acids is 1. The van der Waals surface area contributed by atoms with Gasteiger partial charge in [-0.25, -0.2) is 0 Å². The molecule has 3 heteroatoms. The molecular weight excluding hydrogens is 164 g/mol. The molecule has 3 nitrogen and oxygen atoms in total. The highest BCUT2D eigenvalue weighted by Gasteiger charge is 1.92. The molecule has 0 aliphatic carbocycles. The van der Waals surface area contributed by atoms with Crippen molar-refractivity contribution >= 4 is 17.3 Å². The average molecular weight is 176 g/mol. The standard InChI is InChI=1S/C9H9N.CH3NO/c1-7-6-8-4-2-3-5-9(8)10-7;2-1-3/h2-6,10H,1H3;1H,(H2,2,3). The number of fused-ring (bicyclic) bond motifs is 1. The number of rotatable bonds is 0. The predicted molar refractivity (Wildman–Crippen MR) is 53.3 cm³/mol. The molecule has 0 aliphatic heterocycles. The summed E-state index contributed by atoms with van der Waals surface area (Å²) in [6.45, 7) is 2.07. The lowest BCUT2D eigenvalue weighted by atomic mass is 10.2. The van der Waals surface area contributed by atoms with Crippen molar-refractivity contribution in [1.82, 2.24) is 4.98 Å². The maximum absolute atomic E-state index is 8.58. The number of nitrogens with one attached hydrogen (secondary N) is 1. The molecular formula is C10H12N2O. The van der Waals surface area contributed by atoms with Gasteiger partial charge in [0.05, 0.1) is 0 Å². The lowest BCUT2D eigenvalue weighted by Gasteiger charge is -1.83. The number of nitrogens with two attached hydrogens (primary N) is 1. The number of primary amides is 1. The summed E-state index contributed by atoms with van der Waals surface area (Å²) >= 11 is 0. The second-order valence-corrected chi connectivity index (χ2v) is 2.68. The number of amides is 1. The minimum atomic E-state index is 0.250. The van der Waals surface area contributed by atoms with E-state index in [4.69, 9.17) is 4.79 Å². The first kappa shape index (κ1) is 9.32. The Balaban J connectivity index is 0.000000251. The molecule has 1 heterocycles. The first-order valence-electron chi connectivity index (χ1n) is 3.97. The molecule has 0 fully saturated rings. The fraction of sp³-hybridized carbons (Fsp3) is 0.100. The molecule has 1 amide bonds. The van der Waals surface area contributed by atoms with Crippen molar-refractivity contribution in [2.45, 2.75) is 6.92 Å². The molecule has 0 saturated carbocycles.